The molecule has 2 N–H and O–H groups in total. The monoisotopic (exact) mass is 277 g/mol. The van der Waals surface area contributed by atoms with Gasteiger partial charge in [-0.1, -0.05) is 26.7 Å². The molecule has 4 nitrogen and oxygen atoms in total. The maximum absolute atomic E-state index is 12.9. The lowest BCUT2D eigenvalue weighted by molar-refractivity contribution is 0.0644. The van der Waals surface area contributed by atoms with E-state index in [0.717, 1.165) is 31.6 Å². The molecule has 0 aliphatic heterocycles. The third-order valence-corrected chi connectivity index (χ3v) is 4.07. The van der Waals surface area contributed by atoms with E-state index < -0.39 is 0 Å². The number of hydrogen-bond acceptors (Lipinski definition) is 2. The van der Waals surface area contributed by atoms with Gasteiger partial charge in [0.1, 0.15) is 5.69 Å². The summed E-state index contributed by atoms with van der Waals surface area (Å²) in [6.07, 6.45) is 6.62. The Morgan fingerprint density at radius 2 is 2.10 bits per heavy atom. The number of nitrogens with two attached hydrogens (primary N) is 1. The van der Waals surface area contributed by atoms with Crippen LogP contribution < -0.4 is 5.73 Å². The van der Waals surface area contributed by atoms with Crippen LogP contribution in [0, 0.1) is 5.92 Å². The highest BCUT2D eigenvalue weighted by atomic mass is 16.2. The van der Waals surface area contributed by atoms with Gasteiger partial charge in [0.25, 0.3) is 5.91 Å². The van der Waals surface area contributed by atoms with Gasteiger partial charge in [-0.15, -0.1) is 0 Å². The fourth-order valence-corrected chi connectivity index (χ4v) is 3.13. The zero-order chi connectivity index (χ0) is 14.7. The summed E-state index contributed by atoms with van der Waals surface area (Å²) in [7, 11) is 0. The lowest BCUT2D eigenvalue weighted by atomic mass is 10.1. The molecule has 1 aliphatic rings. The van der Waals surface area contributed by atoms with Gasteiger partial charge >= 0.3 is 0 Å². The maximum atomic E-state index is 12.9. The molecular weight excluding hydrogens is 250 g/mol. The summed E-state index contributed by atoms with van der Waals surface area (Å²) >= 11 is 0. The van der Waals surface area contributed by atoms with E-state index in [2.05, 4.69) is 18.7 Å². The van der Waals surface area contributed by atoms with Crippen LogP contribution in [0.15, 0.2) is 12.3 Å². The Morgan fingerprint density at radius 1 is 1.45 bits per heavy atom. The molecule has 0 unspecified atom stereocenters. The molecule has 2 rings (SSSR count). The van der Waals surface area contributed by atoms with E-state index in [-0.39, 0.29) is 5.91 Å². The van der Waals surface area contributed by atoms with Crippen molar-refractivity contribution in [2.75, 3.05) is 12.3 Å². The molecular formula is C16H27N3O. The highest BCUT2D eigenvalue weighted by Gasteiger charge is 2.29. The second kappa shape index (κ2) is 6.33. The lowest BCUT2D eigenvalue weighted by Crippen LogP contribution is -2.42. The number of aromatic nitrogens is 1. The molecule has 1 aromatic heterocycles. The largest absolute Gasteiger partial charge is 0.397 e. The van der Waals surface area contributed by atoms with Crippen molar-refractivity contribution in [2.24, 2.45) is 5.92 Å². The minimum Gasteiger partial charge on any atom is -0.397 e. The van der Waals surface area contributed by atoms with Gasteiger partial charge in [0.15, 0.2) is 0 Å². The van der Waals surface area contributed by atoms with E-state index in [4.69, 9.17) is 5.73 Å². The van der Waals surface area contributed by atoms with E-state index in [1.165, 1.54) is 12.8 Å². The molecule has 1 fully saturated rings. The van der Waals surface area contributed by atoms with E-state index in [9.17, 15) is 4.79 Å². The van der Waals surface area contributed by atoms with Gasteiger partial charge in [0.2, 0.25) is 0 Å². The third-order valence-electron chi connectivity index (χ3n) is 4.07. The molecule has 0 spiro atoms. The Kier molecular flexibility index (Phi) is 4.73. The van der Waals surface area contributed by atoms with Crippen LogP contribution in [-0.2, 0) is 6.54 Å². The van der Waals surface area contributed by atoms with Crippen LogP contribution in [0.2, 0.25) is 0 Å². The average molecular weight is 277 g/mol. The molecule has 112 valence electrons. The Morgan fingerprint density at radius 3 is 2.65 bits per heavy atom. The van der Waals surface area contributed by atoms with E-state index in [1.54, 1.807) is 0 Å². The van der Waals surface area contributed by atoms with Crippen molar-refractivity contribution in [1.82, 2.24) is 9.47 Å². The number of aryl methyl sites for hydroxylation is 1. The van der Waals surface area contributed by atoms with Crippen LogP contribution in [0.5, 0.6) is 0 Å². The molecule has 0 bridgehead atoms. The van der Waals surface area contributed by atoms with Gasteiger partial charge < -0.3 is 15.2 Å². The van der Waals surface area contributed by atoms with Crippen molar-refractivity contribution >= 4 is 11.6 Å². The number of carbonyl (C=O) groups excluding carboxylic acids is 1. The molecule has 20 heavy (non-hydrogen) atoms. The first-order valence-corrected chi connectivity index (χ1v) is 7.79. The Bertz CT molecular complexity index is 458. The summed E-state index contributed by atoms with van der Waals surface area (Å²) in [5.74, 6) is 0.631. The third kappa shape index (κ3) is 3.17. The molecule has 1 aromatic rings. The molecule has 0 saturated heterocycles. The standard InChI is InChI=1S/C16H27N3O/c1-4-18-11-13(17)9-15(18)16(20)19(10-12(2)3)14-7-5-6-8-14/h9,11-12,14H,4-8,10,17H2,1-3H3. The molecule has 1 heterocycles. The van der Waals surface area contributed by atoms with E-state index in [0.29, 0.717) is 17.6 Å². The number of nitrogen functional groups attached to an aromatic ring is 1. The summed E-state index contributed by atoms with van der Waals surface area (Å²) in [5, 5.41) is 0. The van der Waals surface area contributed by atoms with Crippen LogP contribution in [0.25, 0.3) is 0 Å². The van der Waals surface area contributed by atoms with Crippen LogP contribution >= 0.6 is 0 Å². The van der Waals surface area contributed by atoms with Crippen molar-refractivity contribution in [2.45, 2.75) is 59.0 Å². The predicted octanol–water partition coefficient (Wildman–Crippen LogP) is 3.13. The summed E-state index contributed by atoms with van der Waals surface area (Å²) < 4.78 is 1.96. The van der Waals surface area contributed by atoms with Crippen molar-refractivity contribution in [3.8, 4) is 0 Å². The second-order valence-electron chi connectivity index (χ2n) is 6.23. The fraction of sp³-hybridized carbons (Fsp3) is 0.688. The minimum atomic E-state index is 0.143. The Hall–Kier alpha value is -1.45. The van der Waals surface area contributed by atoms with E-state index >= 15 is 0 Å². The molecule has 0 aromatic carbocycles. The van der Waals surface area contributed by atoms with Crippen LogP contribution in [0.3, 0.4) is 0 Å². The zero-order valence-corrected chi connectivity index (χ0v) is 12.9. The highest BCUT2D eigenvalue weighted by molar-refractivity contribution is 5.94. The highest BCUT2D eigenvalue weighted by Crippen LogP contribution is 2.26. The fourth-order valence-electron chi connectivity index (χ4n) is 3.13. The topological polar surface area (TPSA) is 51.3 Å². The number of rotatable bonds is 5. The van der Waals surface area contributed by atoms with Crippen LogP contribution in [0.4, 0.5) is 5.69 Å². The van der Waals surface area contributed by atoms with Gasteiger partial charge in [0, 0.05) is 25.3 Å². The van der Waals surface area contributed by atoms with Crippen LogP contribution in [0.1, 0.15) is 56.9 Å². The molecule has 4 heteroatoms. The van der Waals surface area contributed by atoms with E-state index in [1.807, 2.05) is 23.8 Å². The summed E-state index contributed by atoms with van der Waals surface area (Å²) in [6, 6.07) is 2.22. The zero-order valence-electron chi connectivity index (χ0n) is 12.9. The van der Waals surface area contributed by atoms with Crippen molar-refractivity contribution in [3.63, 3.8) is 0 Å². The molecule has 1 amide bonds. The quantitative estimate of drug-likeness (QED) is 0.899. The lowest BCUT2D eigenvalue weighted by Gasteiger charge is -2.31. The Labute approximate surface area is 121 Å². The number of nitrogens with zero attached hydrogens (tertiary/aromatic N) is 2. The van der Waals surface area contributed by atoms with Gasteiger partial charge in [-0.05, 0) is 31.7 Å². The molecule has 0 atom stereocenters. The van der Waals surface area contributed by atoms with Gasteiger partial charge in [-0.25, -0.2) is 0 Å². The smallest absolute Gasteiger partial charge is 0.270 e. The first kappa shape index (κ1) is 14.9. The predicted molar refractivity (Wildman–Crippen MR) is 82.6 cm³/mol. The number of anilines is 1. The number of hydrogen-bond donors (Lipinski definition) is 1. The van der Waals surface area contributed by atoms with Gasteiger partial charge in [-0.3, -0.25) is 4.79 Å². The first-order valence-electron chi connectivity index (χ1n) is 7.79. The summed E-state index contributed by atoms with van der Waals surface area (Å²) in [5.41, 5.74) is 7.26. The second-order valence-corrected chi connectivity index (χ2v) is 6.23. The van der Waals surface area contributed by atoms with Gasteiger partial charge in [0.05, 0.1) is 5.69 Å². The summed E-state index contributed by atoms with van der Waals surface area (Å²) in [6.45, 7) is 7.99. The molecule has 1 saturated carbocycles. The minimum absolute atomic E-state index is 0.143. The van der Waals surface area contributed by atoms with Crippen molar-refractivity contribution < 1.29 is 4.79 Å². The maximum Gasteiger partial charge on any atom is 0.270 e. The molecule has 0 radical (unpaired) electrons. The first-order chi connectivity index (χ1) is 9.52. The normalized spacial score (nSPS) is 16.0. The Balaban J connectivity index is 2.24. The average Bonchev–Trinajstić information content (AvgIpc) is 3.03. The SMILES string of the molecule is CCn1cc(N)cc1C(=O)N(CC(C)C)C1CCCC1. The van der Waals surface area contributed by atoms with Crippen molar-refractivity contribution in [3.05, 3.63) is 18.0 Å². The number of amides is 1. The summed E-state index contributed by atoms with van der Waals surface area (Å²) in [4.78, 5) is 15.0. The van der Waals surface area contributed by atoms with Crippen molar-refractivity contribution in [1.29, 1.82) is 0 Å². The molecule has 1 aliphatic carbocycles. The number of carbonyl (C=O) groups is 1. The van der Waals surface area contributed by atoms with Gasteiger partial charge in [-0.2, -0.15) is 0 Å². The van der Waals surface area contributed by atoms with Crippen LogP contribution in [-0.4, -0.2) is 28.0 Å².